The number of Topliss-reactive ketones (excluding diaryl/α,β-unsaturated/α-hetero) is 2. The monoisotopic (exact) mass is 726 g/mol. The van der Waals surface area contributed by atoms with Gasteiger partial charge in [-0.2, -0.15) is 0 Å². The van der Waals surface area contributed by atoms with Crippen LogP contribution >= 0.6 is 0 Å². The molecular weight excluding hydrogens is 668 g/mol. The van der Waals surface area contributed by atoms with Gasteiger partial charge in [0.1, 0.15) is 0 Å². The summed E-state index contributed by atoms with van der Waals surface area (Å²) in [5, 5.41) is 28.1. The van der Waals surface area contributed by atoms with Gasteiger partial charge in [-0.25, -0.2) is 9.59 Å². The molecule has 0 spiro atoms. The minimum absolute atomic E-state index is 0.0238. The van der Waals surface area contributed by atoms with E-state index in [0.717, 1.165) is 45.4 Å². The van der Waals surface area contributed by atoms with Crippen LogP contribution in [0.15, 0.2) is 130 Å². The third-order valence-electron chi connectivity index (χ3n) is 9.60. The zero-order chi connectivity index (χ0) is 40.3. The average molecular weight is 727 g/mol. The lowest BCUT2D eigenvalue weighted by atomic mass is 9.68. The lowest BCUT2D eigenvalue weighted by Crippen LogP contribution is -2.45. The number of rotatable bonds is 14. The Labute approximate surface area is 315 Å². The number of allylic oxidation sites excluding steroid dienone is 21. The Bertz CT molecular complexity index is 1770. The molecule has 0 aromatic heterocycles. The highest BCUT2D eigenvalue weighted by Gasteiger charge is 2.42. The first-order valence-corrected chi connectivity index (χ1v) is 18.0. The van der Waals surface area contributed by atoms with Gasteiger partial charge in [0, 0.05) is 12.3 Å². The number of carbonyl (C=O) groups excluding carboxylic acids is 3. The van der Waals surface area contributed by atoms with Gasteiger partial charge in [-0.3, -0.25) is 9.59 Å². The molecule has 8 nitrogen and oxygen atoms in total. The number of aliphatic hydroxyl groups excluding tert-OH is 2. The smallest absolute Gasteiger partial charge is 0.339 e. The molecule has 0 saturated heterocycles. The topological polar surface area (TPSA) is 138 Å². The minimum atomic E-state index is -2.35. The molecule has 286 valence electrons. The zero-order valence-corrected chi connectivity index (χ0v) is 33.2. The van der Waals surface area contributed by atoms with Gasteiger partial charge in [0.25, 0.3) is 0 Å². The highest BCUT2D eigenvalue weighted by atomic mass is 16.6. The van der Waals surface area contributed by atoms with Gasteiger partial charge in [-0.05, 0) is 81.1 Å². The molecule has 0 aromatic rings. The van der Waals surface area contributed by atoms with E-state index in [2.05, 4.69) is 45.1 Å². The molecule has 2 rings (SSSR count). The van der Waals surface area contributed by atoms with Crippen molar-refractivity contribution >= 4 is 23.5 Å². The largest absolute Gasteiger partial charge is 0.479 e. The summed E-state index contributed by atoms with van der Waals surface area (Å²) in [7, 11) is 0. The predicted molar refractivity (Wildman–Crippen MR) is 212 cm³/mol. The van der Waals surface area contributed by atoms with Crippen LogP contribution < -0.4 is 0 Å². The molecule has 4 atom stereocenters. The molecular formula is C45H58O8. The highest BCUT2D eigenvalue weighted by Crippen LogP contribution is 2.42. The number of carboxylic acid groups (broad SMARTS) is 1. The van der Waals surface area contributed by atoms with Gasteiger partial charge in [-0.1, -0.05) is 142 Å². The van der Waals surface area contributed by atoms with Gasteiger partial charge in [-0.15, -0.1) is 0 Å². The summed E-state index contributed by atoms with van der Waals surface area (Å²) in [4.78, 5) is 48.6. The number of carboxylic acids is 1. The normalized spacial score (nSPS) is 23.4. The lowest BCUT2D eigenvalue weighted by Gasteiger charge is -2.36. The molecule has 4 unspecified atom stereocenters. The van der Waals surface area contributed by atoms with E-state index in [4.69, 9.17) is 9.84 Å². The maximum absolute atomic E-state index is 13.0. The first-order valence-electron chi connectivity index (χ1n) is 18.0. The first-order chi connectivity index (χ1) is 24.6. The van der Waals surface area contributed by atoms with Crippen LogP contribution in [0.2, 0.25) is 0 Å². The molecule has 0 aliphatic heterocycles. The Morgan fingerprint density at radius 3 is 1.51 bits per heavy atom. The van der Waals surface area contributed by atoms with E-state index in [9.17, 15) is 29.4 Å². The molecule has 3 N–H and O–H groups in total. The second kappa shape index (κ2) is 19.4. The van der Waals surface area contributed by atoms with Crippen molar-refractivity contribution in [2.45, 2.75) is 107 Å². The SMILES string of the molecule is CC(C=CC=C(C)C=CC1=C(C)C(=O)C(C)CC1(C)C)=CC=CC=C(C)C=CC=C(C)C=CC1=C(C)C(=O)C(OC(=O)C(O)C(O)C(=O)O)CC1(C)C. The summed E-state index contributed by atoms with van der Waals surface area (Å²) < 4.78 is 5.13. The Kier molecular flexibility index (Phi) is 16.3. The molecule has 0 heterocycles. The van der Waals surface area contributed by atoms with Crippen molar-refractivity contribution < 1.29 is 39.2 Å². The van der Waals surface area contributed by atoms with Crippen molar-refractivity contribution in [3.05, 3.63) is 130 Å². The number of aliphatic carboxylic acids is 1. The predicted octanol–water partition coefficient (Wildman–Crippen LogP) is 8.54. The number of hydrogen-bond donors (Lipinski definition) is 3. The summed E-state index contributed by atoms with van der Waals surface area (Å²) in [5.41, 5.74) is 6.79. The van der Waals surface area contributed by atoms with Crippen LogP contribution in [0, 0.1) is 16.7 Å². The zero-order valence-electron chi connectivity index (χ0n) is 33.2. The molecule has 53 heavy (non-hydrogen) atoms. The molecule has 0 amide bonds. The fraction of sp³-hybridized carbons (Fsp3) is 0.422. The van der Waals surface area contributed by atoms with Crippen LogP contribution in [0.25, 0.3) is 0 Å². The van der Waals surface area contributed by atoms with Crippen molar-refractivity contribution in [3.63, 3.8) is 0 Å². The van der Waals surface area contributed by atoms with Crippen LogP contribution in [-0.2, 0) is 23.9 Å². The van der Waals surface area contributed by atoms with Gasteiger partial charge < -0.3 is 20.1 Å². The maximum atomic E-state index is 13.0. The summed E-state index contributed by atoms with van der Waals surface area (Å²) in [6.45, 7) is 21.9. The number of ether oxygens (including phenoxy) is 1. The first kappa shape index (κ1) is 44.5. The number of carbonyl (C=O) groups is 4. The van der Waals surface area contributed by atoms with E-state index in [1.165, 1.54) is 0 Å². The average Bonchev–Trinajstić information content (AvgIpc) is 3.06. The van der Waals surface area contributed by atoms with E-state index in [1.54, 1.807) is 6.92 Å². The molecule has 0 bridgehead atoms. The third kappa shape index (κ3) is 13.1. The van der Waals surface area contributed by atoms with Crippen LogP contribution in [-0.4, -0.2) is 57.1 Å². The second-order valence-corrected chi connectivity index (χ2v) is 15.4. The molecule has 8 heteroatoms. The van der Waals surface area contributed by atoms with Gasteiger partial charge in [0.15, 0.2) is 29.9 Å². The molecule has 0 radical (unpaired) electrons. The number of ketones is 2. The van der Waals surface area contributed by atoms with Crippen molar-refractivity contribution in [2.24, 2.45) is 16.7 Å². The molecule has 0 fully saturated rings. The second-order valence-electron chi connectivity index (χ2n) is 15.4. The van der Waals surface area contributed by atoms with Gasteiger partial charge >= 0.3 is 11.9 Å². The van der Waals surface area contributed by atoms with Gasteiger partial charge in [0.05, 0.1) is 0 Å². The minimum Gasteiger partial charge on any atom is -0.479 e. The van der Waals surface area contributed by atoms with E-state index in [-0.39, 0.29) is 23.5 Å². The van der Waals surface area contributed by atoms with E-state index in [1.807, 2.05) is 109 Å². The molecule has 2 aliphatic carbocycles. The van der Waals surface area contributed by atoms with Crippen LogP contribution in [0.5, 0.6) is 0 Å². The van der Waals surface area contributed by atoms with E-state index in [0.29, 0.717) is 5.57 Å². The van der Waals surface area contributed by atoms with Crippen molar-refractivity contribution in [1.29, 1.82) is 0 Å². The van der Waals surface area contributed by atoms with Crippen molar-refractivity contribution in [1.82, 2.24) is 0 Å². The summed E-state index contributed by atoms with van der Waals surface area (Å²) in [6.07, 6.45) is 23.2. The summed E-state index contributed by atoms with van der Waals surface area (Å²) in [6, 6.07) is 0. The Morgan fingerprint density at radius 2 is 1.06 bits per heavy atom. The summed E-state index contributed by atoms with van der Waals surface area (Å²) >= 11 is 0. The molecule has 0 aromatic carbocycles. The van der Waals surface area contributed by atoms with E-state index < -0.39 is 41.4 Å². The fourth-order valence-electron chi connectivity index (χ4n) is 6.57. The lowest BCUT2D eigenvalue weighted by molar-refractivity contribution is -0.175. The molecule has 0 saturated carbocycles. The Morgan fingerprint density at radius 1 is 0.660 bits per heavy atom. The third-order valence-corrected chi connectivity index (χ3v) is 9.60. The number of aliphatic hydroxyl groups is 2. The number of hydrogen-bond acceptors (Lipinski definition) is 7. The summed E-state index contributed by atoms with van der Waals surface area (Å²) in [5.74, 6) is -3.26. The maximum Gasteiger partial charge on any atom is 0.339 e. The van der Waals surface area contributed by atoms with Crippen LogP contribution in [0.1, 0.15) is 89.0 Å². The Balaban J connectivity index is 1.99. The fourth-order valence-corrected chi connectivity index (χ4v) is 6.57. The quantitative estimate of drug-likeness (QED) is 0.120. The van der Waals surface area contributed by atoms with Crippen LogP contribution in [0.3, 0.4) is 0 Å². The van der Waals surface area contributed by atoms with Crippen molar-refractivity contribution in [2.75, 3.05) is 0 Å². The van der Waals surface area contributed by atoms with Crippen molar-refractivity contribution in [3.8, 4) is 0 Å². The molecule has 2 aliphatic rings. The Hall–Kier alpha value is -4.66. The standard InChI is InChI=1S/C45H58O8/c1-28(18-14-20-30(3)22-24-35-33(6)38(46)32(5)26-44(35,8)9)16-12-13-17-29(2)19-15-21-31(4)23-25-36-34(7)39(47)37(27-45(36,10)11)53-43(52)41(49)40(48)42(50)51/h12-25,32,37,40-41,48-49H,26-27H2,1-11H3,(H,50,51). The highest BCUT2D eigenvalue weighted by molar-refractivity contribution is 6.02. The van der Waals surface area contributed by atoms with E-state index >= 15 is 0 Å². The van der Waals surface area contributed by atoms with Gasteiger partial charge in [0.2, 0.25) is 0 Å². The number of esters is 1. The van der Waals surface area contributed by atoms with Crippen LogP contribution in [0.4, 0.5) is 0 Å².